The molecule has 0 radical (unpaired) electrons. The van der Waals surface area contributed by atoms with Gasteiger partial charge in [0.25, 0.3) is 11.5 Å². The molecule has 1 aromatic carbocycles. The van der Waals surface area contributed by atoms with Gasteiger partial charge in [-0.2, -0.15) is 4.98 Å². The van der Waals surface area contributed by atoms with Gasteiger partial charge in [0.15, 0.2) is 0 Å². The molecule has 8 rings (SSSR count). The van der Waals surface area contributed by atoms with Gasteiger partial charge in [-0.15, -0.1) is 0 Å². The summed E-state index contributed by atoms with van der Waals surface area (Å²) in [7, 11) is -2.39. The molecule has 1 aromatic heterocycles. The number of ether oxygens (including phenoxy) is 3. The highest BCUT2D eigenvalue weighted by Gasteiger charge is 2.62. The van der Waals surface area contributed by atoms with E-state index < -0.39 is 56.7 Å². The van der Waals surface area contributed by atoms with E-state index in [2.05, 4.69) is 10.0 Å². The second-order valence-corrected chi connectivity index (χ2v) is 19.2. The normalized spacial score (nSPS) is 31.3. The minimum absolute atomic E-state index is 0.00625. The van der Waals surface area contributed by atoms with Crippen LogP contribution in [0.4, 0.5) is 0 Å². The lowest BCUT2D eigenvalue weighted by Crippen LogP contribution is -2.57. The van der Waals surface area contributed by atoms with Crippen LogP contribution in [0.3, 0.4) is 0 Å². The van der Waals surface area contributed by atoms with Gasteiger partial charge in [0.2, 0.25) is 21.8 Å². The largest absolute Gasteiger partial charge is 0.494 e. The van der Waals surface area contributed by atoms with E-state index in [0.717, 1.165) is 57.8 Å². The smallest absolute Gasteiger partial charge is 0.306 e. The first-order valence-corrected chi connectivity index (χ1v) is 22.7. The van der Waals surface area contributed by atoms with E-state index in [-0.39, 0.29) is 73.7 Å². The number of carbonyl (C=O) groups excluding carboxylic acids is 4. The van der Waals surface area contributed by atoms with Gasteiger partial charge in [0.1, 0.15) is 35.1 Å². The molecule has 15 nitrogen and oxygen atoms in total. The van der Waals surface area contributed by atoms with Crippen molar-refractivity contribution < 1.29 is 41.8 Å². The van der Waals surface area contributed by atoms with E-state index in [9.17, 15) is 32.4 Å². The zero-order valence-electron chi connectivity index (χ0n) is 33.4. The molecule has 4 saturated carbocycles. The first-order valence-electron chi connectivity index (χ1n) is 21.2. The third kappa shape index (κ3) is 7.96. The van der Waals surface area contributed by atoms with E-state index in [4.69, 9.17) is 19.2 Å². The Kier molecular flexibility index (Phi) is 11.3. The van der Waals surface area contributed by atoms with Gasteiger partial charge in [-0.3, -0.25) is 33.3 Å². The van der Waals surface area contributed by atoms with Crippen LogP contribution in [-0.2, 0) is 40.5 Å². The maximum atomic E-state index is 15.0. The number of aromatic nitrogens is 2. The lowest BCUT2D eigenvalue weighted by Gasteiger charge is -2.32. The molecule has 2 aromatic rings. The van der Waals surface area contributed by atoms with E-state index in [1.807, 2.05) is 19.1 Å². The minimum Gasteiger partial charge on any atom is -0.494 e. The van der Waals surface area contributed by atoms with Crippen molar-refractivity contribution in [3.63, 3.8) is 0 Å². The Morgan fingerprint density at radius 1 is 0.983 bits per heavy atom. The highest BCUT2D eigenvalue weighted by atomic mass is 32.2. The molecule has 1 saturated heterocycles. The van der Waals surface area contributed by atoms with Crippen LogP contribution in [-0.4, -0.2) is 89.3 Å². The molecule has 2 bridgehead atoms. The number of amides is 3. The molecule has 6 aliphatic rings. The number of nitrogens with zero attached hydrogens (tertiary/aromatic N) is 3. The Morgan fingerprint density at radius 3 is 2.48 bits per heavy atom. The highest BCUT2D eigenvalue weighted by Crippen LogP contribution is 2.47. The second kappa shape index (κ2) is 16.3. The van der Waals surface area contributed by atoms with E-state index >= 15 is 0 Å². The van der Waals surface area contributed by atoms with E-state index in [1.165, 1.54) is 16.6 Å². The van der Waals surface area contributed by atoms with Crippen LogP contribution in [0.2, 0.25) is 0 Å². The average molecular weight is 822 g/mol. The summed E-state index contributed by atoms with van der Waals surface area (Å²) in [6.07, 6.45) is 12.0. The molecule has 0 spiro atoms. The molecular formula is C42H55N5O10S. The number of carbonyl (C=O) groups is 4. The lowest BCUT2D eigenvalue weighted by atomic mass is 9.86. The molecule has 2 N–H and O–H groups in total. The fourth-order valence-electron chi connectivity index (χ4n) is 9.95. The number of hydrogen-bond acceptors (Lipinski definition) is 11. The van der Waals surface area contributed by atoms with Gasteiger partial charge in [0.05, 0.1) is 36.6 Å². The standard InChI is InChI=1S/C42H55N5O10S/c1-3-27-23-42(27,40(52)45-58(53,54)29-18-19-29)44-37(49)32-21-28-24-47(32)39(51)31(25-11-6-7-12-25)22-35(48)57-33-16-9-14-26(33)13-5-4-8-20-46-38(50)30-15-10-17-34(55-2)36(30)43-41(46)56-28/h4,8,10,15,17,25-29,31-33H,3,5-7,9,11-14,16,18-24H2,1-2H3,(H,44,49)(H,45,52)/b8-4+/t26-,27-,28-,31+,32+,33-,42-/m1/s1. The number of esters is 1. The topological polar surface area (TPSA) is 192 Å². The van der Waals surface area contributed by atoms with Gasteiger partial charge in [-0.1, -0.05) is 44.4 Å². The number of hydrogen-bond donors (Lipinski definition) is 2. The Morgan fingerprint density at radius 2 is 1.76 bits per heavy atom. The number of benzene rings is 1. The van der Waals surface area contributed by atoms with Crippen molar-refractivity contribution in [3.8, 4) is 11.8 Å². The van der Waals surface area contributed by atoms with Crippen molar-refractivity contribution in [1.29, 1.82) is 0 Å². The molecule has 3 amide bonds. The van der Waals surface area contributed by atoms with Crippen LogP contribution in [0.1, 0.15) is 103 Å². The number of nitrogens with one attached hydrogen (secondary N) is 2. The van der Waals surface area contributed by atoms with Crippen LogP contribution in [0.5, 0.6) is 11.8 Å². The van der Waals surface area contributed by atoms with Crippen LogP contribution >= 0.6 is 0 Å². The fourth-order valence-corrected chi connectivity index (χ4v) is 11.3. The van der Waals surface area contributed by atoms with Crippen molar-refractivity contribution >= 4 is 44.6 Å². The molecule has 4 aliphatic carbocycles. The summed E-state index contributed by atoms with van der Waals surface area (Å²) in [4.78, 5) is 77.3. The summed E-state index contributed by atoms with van der Waals surface area (Å²) in [6.45, 7) is 1.97. The van der Waals surface area contributed by atoms with E-state index in [1.54, 1.807) is 18.2 Å². The molecular weight excluding hydrogens is 767 g/mol. The highest BCUT2D eigenvalue weighted by molar-refractivity contribution is 7.91. The van der Waals surface area contributed by atoms with Crippen LogP contribution < -0.4 is 25.1 Å². The van der Waals surface area contributed by atoms with Crippen molar-refractivity contribution in [1.82, 2.24) is 24.5 Å². The summed E-state index contributed by atoms with van der Waals surface area (Å²) in [5.74, 6) is -2.74. The van der Waals surface area contributed by atoms with Gasteiger partial charge in [0, 0.05) is 13.0 Å². The maximum Gasteiger partial charge on any atom is 0.306 e. The molecule has 7 atom stereocenters. The summed E-state index contributed by atoms with van der Waals surface area (Å²) in [5, 5.41) is 2.63. The Labute approximate surface area is 338 Å². The lowest BCUT2D eigenvalue weighted by molar-refractivity contribution is -0.156. The van der Waals surface area contributed by atoms with Crippen molar-refractivity contribution in [2.24, 2.45) is 23.7 Å². The maximum absolute atomic E-state index is 15.0. The molecule has 0 unspecified atom stereocenters. The predicted octanol–water partition coefficient (Wildman–Crippen LogP) is 3.91. The summed E-state index contributed by atoms with van der Waals surface area (Å²) >= 11 is 0. The number of para-hydroxylation sites is 1. The Bertz CT molecular complexity index is 2150. The van der Waals surface area contributed by atoms with Crippen molar-refractivity contribution in [2.45, 2.75) is 139 Å². The Hall–Kier alpha value is -4.47. The summed E-state index contributed by atoms with van der Waals surface area (Å²) in [5.41, 5.74) is -1.48. The molecule has 3 heterocycles. The molecule has 5 fully saturated rings. The molecule has 58 heavy (non-hydrogen) atoms. The molecule has 16 heteroatoms. The minimum atomic E-state index is -3.89. The van der Waals surface area contributed by atoms with Crippen molar-refractivity contribution in [2.75, 3.05) is 13.7 Å². The van der Waals surface area contributed by atoms with Crippen molar-refractivity contribution in [3.05, 3.63) is 40.7 Å². The quantitative estimate of drug-likeness (QED) is 0.290. The zero-order valence-corrected chi connectivity index (χ0v) is 34.2. The number of allylic oxidation sites excluding steroid dienone is 2. The zero-order chi connectivity index (χ0) is 40.8. The monoisotopic (exact) mass is 821 g/mol. The van der Waals surface area contributed by atoms with Crippen LogP contribution in [0.25, 0.3) is 10.9 Å². The number of fused-ring (bicyclic) bond motifs is 5. The van der Waals surface area contributed by atoms with Gasteiger partial charge >= 0.3 is 12.0 Å². The Balaban J connectivity index is 1.16. The average Bonchev–Trinajstić information content (AvgIpc) is 3.99. The molecule has 2 aliphatic heterocycles. The third-order valence-electron chi connectivity index (χ3n) is 13.5. The van der Waals surface area contributed by atoms with Gasteiger partial charge in [-0.25, -0.2) is 8.42 Å². The first kappa shape index (κ1) is 40.3. The van der Waals surface area contributed by atoms with Crippen LogP contribution in [0, 0.1) is 23.7 Å². The van der Waals surface area contributed by atoms with E-state index in [0.29, 0.717) is 35.9 Å². The number of methoxy groups -OCH3 is 1. The van der Waals surface area contributed by atoms with Gasteiger partial charge in [-0.05, 0) is 94.1 Å². The summed E-state index contributed by atoms with van der Waals surface area (Å²) in [6, 6.07) is 3.99. The number of rotatable bonds is 8. The summed E-state index contributed by atoms with van der Waals surface area (Å²) < 4.78 is 47.6. The fraction of sp³-hybridized carbons (Fsp3) is 0.667. The van der Waals surface area contributed by atoms with Crippen LogP contribution in [0.15, 0.2) is 35.1 Å². The molecule has 314 valence electrons. The first-order chi connectivity index (χ1) is 27.9. The number of sulfonamides is 1. The predicted molar refractivity (Wildman–Crippen MR) is 212 cm³/mol. The second-order valence-electron chi connectivity index (χ2n) is 17.2. The SMILES string of the molecule is CC[C@@H]1C[C@]1(NC(=O)[C@@H]1C[C@@H]2CN1C(=O)[C@H](C1CCCC1)CC(=O)O[C@@H]1CCC[C@H]1CC/C=C/Cn1c(nc3c(OC)cccc3c1=O)O2)C(=O)NS(=O)(=O)C1CC1. The van der Waals surface area contributed by atoms with Gasteiger partial charge < -0.3 is 24.4 Å². The third-order valence-corrected chi connectivity index (χ3v) is 15.3.